The van der Waals surface area contributed by atoms with Gasteiger partial charge in [-0.1, -0.05) is 61.5 Å². The van der Waals surface area contributed by atoms with E-state index in [1.807, 2.05) is 68.4 Å². The Hall–Kier alpha value is -3.16. The quantitative estimate of drug-likeness (QED) is 0.479. The van der Waals surface area contributed by atoms with Crippen LogP contribution in [0, 0.1) is 6.92 Å². The lowest BCUT2D eigenvalue weighted by molar-refractivity contribution is -0.116. The van der Waals surface area contributed by atoms with Gasteiger partial charge in [-0.25, -0.2) is 8.42 Å². The summed E-state index contributed by atoms with van der Waals surface area (Å²) >= 11 is 0. The number of nitrogens with zero attached hydrogens (tertiary/aromatic N) is 1. The van der Waals surface area contributed by atoms with Gasteiger partial charge in [0.15, 0.2) is 0 Å². The average molecular weight is 467 g/mol. The standard InChI is InChI=1S/C26H30N2O4S/c1-4-22-12-8-9-13-23(22)27-26(29)19-28(17-16-21-10-6-5-7-11-21)33(30,31)25-18-20(2)14-15-24(25)32-3/h5-15,18H,4,16-17,19H2,1-3H3,(H,27,29). The van der Waals surface area contributed by atoms with Gasteiger partial charge in [-0.15, -0.1) is 0 Å². The molecule has 33 heavy (non-hydrogen) atoms. The summed E-state index contributed by atoms with van der Waals surface area (Å²) in [5.41, 5.74) is 3.47. The highest BCUT2D eigenvalue weighted by atomic mass is 32.2. The third kappa shape index (κ3) is 6.21. The first-order valence-corrected chi connectivity index (χ1v) is 12.4. The number of nitrogens with one attached hydrogen (secondary N) is 1. The van der Waals surface area contributed by atoms with Crippen LogP contribution >= 0.6 is 0 Å². The number of carbonyl (C=O) groups excluding carboxylic acids is 1. The van der Waals surface area contributed by atoms with E-state index in [1.54, 1.807) is 18.2 Å². The van der Waals surface area contributed by atoms with Gasteiger partial charge in [0.25, 0.3) is 0 Å². The van der Waals surface area contributed by atoms with Crippen molar-refractivity contribution in [3.63, 3.8) is 0 Å². The third-order valence-corrected chi connectivity index (χ3v) is 7.29. The van der Waals surface area contributed by atoms with Crippen LogP contribution in [0.2, 0.25) is 0 Å². The second-order valence-electron chi connectivity index (χ2n) is 7.79. The summed E-state index contributed by atoms with van der Waals surface area (Å²) in [6, 6.07) is 22.1. The van der Waals surface area contributed by atoms with E-state index in [1.165, 1.54) is 11.4 Å². The molecule has 1 amide bonds. The molecule has 0 aliphatic rings. The maximum atomic E-state index is 13.7. The summed E-state index contributed by atoms with van der Waals surface area (Å²) in [6.45, 7) is 3.68. The van der Waals surface area contributed by atoms with Crippen molar-refractivity contribution in [1.29, 1.82) is 0 Å². The van der Waals surface area contributed by atoms with E-state index in [2.05, 4.69) is 5.32 Å². The fourth-order valence-corrected chi connectivity index (χ4v) is 5.25. The van der Waals surface area contributed by atoms with Crippen molar-refractivity contribution in [1.82, 2.24) is 4.31 Å². The van der Waals surface area contributed by atoms with Crippen molar-refractivity contribution >= 4 is 21.6 Å². The van der Waals surface area contributed by atoms with Gasteiger partial charge >= 0.3 is 0 Å². The molecule has 0 aliphatic heterocycles. The Kier molecular flexibility index (Phi) is 8.25. The zero-order chi connectivity index (χ0) is 23.8. The van der Waals surface area contributed by atoms with Crippen molar-refractivity contribution in [3.05, 3.63) is 89.5 Å². The normalized spacial score (nSPS) is 11.4. The predicted molar refractivity (Wildman–Crippen MR) is 131 cm³/mol. The van der Waals surface area contributed by atoms with Crippen LogP contribution in [0.15, 0.2) is 77.7 Å². The van der Waals surface area contributed by atoms with Crippen LogP contribution in [-0.4, -0.2) is 38.8 Å². The minimum absolute atomic E-state index is 0.0554. The van der Waals surface area contributed by atoms with E-state index in [0.717, 1.165) is 23.1 Å². The van der Waals surface area contributed by atoms with E-state index in [4.69, 9.17) is 4.74 Å². The van der Waals surface area contributed by atoms with Crippen molar-refractivity contribution in [2.75, 3.05) is 25.5 Å². The summed E-state index contributed by atoms with van der Waals surface area (Å²) in [5, 5.41) is 2.88. The van der Waals surface area contributed by atoms with E-state index in [9.17, 15) is 13.2 Å². The number of anilines is 1. The summed E-state index contributed by atoms with van der Waals surface area (Å²) < 4.78 is 33.9. The lowest BCUT2D eigenvalue weighted by atomic mass is 10.1. The first-order valence-electron chi connectivity index (χ1n) is 10.9. The lowest BCUT2D eigenvalue weighted by Crippen LogP contribution is -2.39. The van der Waals surface area contributed by atoms with E-state index in [0.29, 0.717) is 12.1 Å². The van der Waals surface area contributed by atoms with Crippen molar-refractivity contribution in [2.24, 2.45) is 0 Å². The summed E-state index contributed by atoms with van der Waals surface area (Å²) in [6.07, 6.45) is 1.24. The van der Waals surface area contributed by atoms with Gasteiger partial charge in [0.2, 0.25) is 15.9 Å². The molecule has 3 aromatic rings. The van der Waals surface area contributed by atoms with Crippen LogP contribution in [0.3, 0.4) is 0 Å². The van der Waals surface area contributed by atoms with Gasteiger partial charge in [-0.2, -0.15) is 4.31 Å². The number of hydrogen-bond donors (Lipinski definition) is 1. The molecule has 0 fully saturated rings. The summed E-state index contributed by atoms with van der Waals surface area (Å²) in [4.78, 5) is 13.0. The van der Waals surface area contributed by atoms with Gasteiger partial charge in [0, 0.05) is 12.2 Å². The van der Waals surface area contributed by atoms with Gasteiger partial charge in [0.05, 0.1) is 13.7 Å². The Morgan fingerprint density at radius 1 is 1.00 bits per heavy atom. The Bertz CT molecular complexity index is 1190. The molecule has 7 heteroatoms. The highest BCUT2D eigenvalue weighted by Gasteiger charge is 2.29. The number of rotatable bonds is 10. The largest absolute Gasteiger partial charge is 0.495 e. The molecule has 0 aliphatic carbocycles. The molecule has 6 nitrogen and oxygen atoms in total. The van der Waals surface area contributed by atoms with E-state index < -0.39 is 10.0 Å². The number of carbonyl (C=O) groups is 1. The number of ether oxygens (including phenoxy) is 1. The number of sulfonamides is 1. The SMILES string of the molecule is CCc1ccccc1NC(=O)CN(CCc1ccccc1)S(=O)(=O)c1cc(C)ccc1OC. The molecule has 3 aromatic carbocycles. The smallest absolute Gasteiger partial charge is 0.247 e. The zero-order valence-corrected chi connectivity index (χ0v) is 20.1. The predicted octanol–water partition coefficient (Wildman–Crippen LogP) is 4.44. The van der Waals surface area contributed by atoms with Gasteiger partial charge < -0.3 is 10.1 Å². The van der Waals surface area contributed by atoms with Crippen LogP contribution in [0.5, 0.6) is 5.75 Å². The maximum Gasteiger partial charge on any atom is 0.247 e. The Balaban J connectivity index is 1.90. The molecular weight excluding hydrogens is 436 g/mol. The van der Waals surface area contributed by atoms with E-state index in [-0.39, 0.29) is 29.6 Å². The highest BCUT2D eigenvalue weighted by molar-refractivity contribution is 7.89. The molecule has 174 valence electrons. The molecule has 0 aromatic heterocycles. The summed E-state index contributed by atoms with van der Waals surface area (Å²) in [7, 11) is -2.56. The number of methoxy groups -OCH3 is 1. The Morgan fingerprint density at radius 2 is 1.70 bits per heavy atom. The van der Waals surface area contributed by atoms with Crippen LogP contribution in [0.1, 0.15) is 23.6 Å². The van der Waals surface area contributed by atoms with Gasteiger partial charge in [-0.05, 0) is 54.7 Å². The lowest BCUT2D eigenvalue weighted by Gasteiger charge is -2.23. The number of para-hydroxylation sites is 1. The highest BCUT2D eigenvalue weighted by Crippen LogP contribution is 2.28. The molecule has 0 saturated heterocycles. The van der Waals surface area contributed by atoms with Crippen LogP contribution in [-0.2, 0) is 27.7 Å². The molecule has 1 N–H and O–H groups in total. The Morgan fingerprint density at radius 3 is 2.39 bits per heavy atom. The van der Waals surface area contributed by atoms with Crippen molar-refractivity contribution < 1.29 is 17.9 Å². The summed E-state index contributed by atoms with van der Waals surface area (Å²) in [5.74, 6) is -0.138. The maximum absolute atomic E-state index is 13.7. The molecule has 0 saturated carbocycles. The van der Waals surface area contributed by atoms with Crippen LogP contribution < -0.4 is 10.1 Å². The monoisotopic (exact) mass is 466 g/mol. The molecule has 3 rings (SSSR count). The zero-order valence-electron chi connectivity index (χ0n) is 19.2. The second kappa shape index (κ2) is 11.1. The van der Waals surface area contributed by atoms with Crippen LogP contribution in [0.4, 0.5) is 5.69 Å². The van der Waals surface area contributed by atoms with Gasteiger partial charge in [-0.3, -0.25) is 4.79 Å². The molecule has 0 unspecified atom stereocenters. The third-order valence-electron chi connectivity index (χ3n) is 5.42. The minimum Gasteiger partial charge on any atom is -0.495 e. The van der Waals surface area contributed by atoms with Gasteiger partial charge in [0.1, 0.15) is 10.6 Å². The number of amides is 1. The fourth-order valence-electron chi connectivity index (χ4n) is 3.61. The molecule has 0 bridgehead atoms. The first-order chi connectivity index (χ1) is 15.8. The topological polar surface area (TPSA) is 75.7 Å². The number of aryl methyl sites for hydroxylation is 2. The molecule has 0 heterocycles. The van der Waals surface area contributed by atoms with Crippen molar-refractivity contribution in [3.8, 4) is 5.75 Å². The first kappa shape index (κ1) is 24.5. The molecular formula is C26H30N2O4S. The average Bonchev–Trinajstić information content (AvgIpc) is 2.82. The van der Waals surface area contributed by atoms with Crippen LogP contribution in [0.25, 0.3) is 0 Å². The molecule has 0 spiro atoms. The molecule has 0 atom stereocenters. The second-order valence-corrected chi connectivity index (χ2v) is 9.69. The Labute approximate surface area is 196 Å². The number of benzene rings is 3. The number of hydrogen-bond acceptors (Lipinski definition) is 4. The molecule has 0 radical (unpaired) electrons. The minimum atomic E-state index is -3.99. The van der Waals surface area contributed by atoms with Crippen molar-refractivity contribution in [2.45, 2.75) is 31.6 Å². The fraction of sp³-hybridized carbons (Fsp3) is 0.269. The van der Waals surface area contributed by atoms with E-state index >= 15 is 0 Å².